The van der Waals surface area contributed by atoms with Gasteiger partial charge >= 0.3 is 5.97 Å². The van der Waals surface area contributed by atoms with Crippen LogP contribution >= 0.6 is 0 Å². The predicted octanol–water partition coefficient (Wildman–Crippen LogP) is 2.54. The molecule has 70 valence electrons. The molecule has 0 aromatic rings. The van der Waals surface area contributed by atoms with Crippen LogP contribution in [-0.4, -0.2) is 12.6 Å². The molecule has 0 saturated heterocycles. The van der Waals surface area contributed by atoms with Gasteiger partial charge in [-0.3, -0.25) is 4.79 Å². The standard InChI is InChI=1S/C10H18O2/c1-5-6-8(2)9(3)7-12-10(4)11/h8H,3,5-7H2,1-2,4H3. The predicted molar refractivity (Wildman–Crippen MR) is 49.8 cm³/mol. The summed E-state index contributed by atoms with van der Waals surface area (Å²) < 4.78 is 4.83. The normalized spacial score (nSPS) is 12.2. The van der Waals surface area contributed by atoms with E-state index in [0.29, 0.717) is 12.5 Å². The summed E-state index contributed by atoms with van der Waals surface area (Å²) in [5.74, 6) is 0.217. The molecule has 0 aliphatic carbocycles. The van der Waals surface area contributed by atoms with E-state index in [4.69, 9.17) is 4.74 Å². The molecule has 12 heavy (non-hydrogen) atoms. The maximum atomic E-state index is 10.5. The molecule has 0 spiro atoms. The van der Waals surface area contributed by atoms with E-state index in [1.807, 2.05) is 0 Å². The zero-order chi connectivity index (χ0) is 9.56. The highest BCUT2D eigenvalue weighted by Gasteiger charge is 2.06. The Labute approximate surface area is 74.6 Å². The van der Waals surface area contributed by atoms with Crippen LogP contribution in [0.4, 0.5) is 0 Å². The fraction of sp³-hybridized carbons (Fsp3) is 0.700. The van der Waals surface area contributed by atoms with E-state index in [0.717, 1.165) is 18.4 Å². The molecule has 0 fully saturated rings. The van der Waals surface area contributed by atoms with E-state index in [1.54, 1.807) is 0 Å². The Morgan fingerprint density at radius 1 is 1.58 bits per heavy atom. The van der Waals surface area contributed by atoms with Crippen LogP contribution in [0.5, 0.6) is 0 Å². The second kappa shape index (κ2) is 5.81. The molecule has 1 atom stereocenters. The molecule has 0 N–H and O–H groups in total. The minimum Gasteiger partial charge on any atom is -0.461 e. The van der Waals surface area contributed by atoms with Crippen molar-refractivity contribution in [2.75, 3.05) is 6.61 Å². The molecule has 1 unspecified atom stereocenters. The average Bonchev–Trinajstić information content (AvgIpc) is 2.00. The van der Waals surface area contributed by atoms with Gasteiger partial charge in [0, 0.05) is 6.92 Å². The first-order valence-corrected chi connectivity index (χ1v) is 4.39. The van der Waals surface area contributed by atoms with Crippen LogP contribution < -0.4 is 0 Å². The summed E-state index contributed by atoms with van der Waals surface area (Å²) in [7, 11) is 0. The Morgan fingerprint density at radius 2 is 2.17 bits per heavy atom. The van der Waals surface area contributed by atoms with Crippen LogP contribution in [0.25, 0.3) is 0 Å². The highest BCUT2D eigenvalue weighted by molar-refractivity contribution is 5.66. The second-order valence-corrected chi connectivity index (χ2v) is 3.13. The van der Waals surface area contributed by atoms with Crippen molar-refractivity contribution in [3.63, 3.8) is 0 Å². The highest BCUT2D eigenvalue weighted by atomic mass is 16.5. The lowest BCUT2D eigenvalue weighted by Gasteiger charge is -2.12. The smallest absolute Gasteiger partial charge is 0.302 e. The summed E-state index contributed by atoms with van der Waals surface area (Å²) in [6, 6.07) is 0. The fourth-order valence-electron chi connectivity index (χ4n) is 0.974. The average molecular weight is 170 g/mol. The van der Waals surface area contributed by atoms with Gasteiger partial charge in [-0.2, -0.15) is 0 Å². The SMILES string of the molecule is C=C(COC(C)=O)C(C)CCC. The summed E-state index contributed by atoms with van der Waals surface area (Å²) in [6.07, 6.45) is 2.25. The lowest BCUT2D eigenvalue weighted by molar-refractivity contribution is -0.140. The Kier molecular flexibility index (Phi) is 5.43. The largest absolute Gasteiger partial charge is 0.461 e. The van der Waals surface area contributed by atoms with Gasteiger partial charge in [-0.15, -0.1) is 0 Å². The highest BCUT2D eigenvalue weighted by Crippen LogP contribution is 2.14. The molecule has 0 heterocycles. The van der Waals surface area contributed by atoms with Gasteiger partial charge in [0.2, 0.25) is 0 Å². The molecule has 0 aliphatic rings. The van der Waals surface area contributed by atoms with Gasteiger partial charge in [0.15, 0.2) is 0 Å². The first-order valence-electron chi connectivity index (χ1n) is 4.39. The van der Waals surface area contributed by atoms with Crippen LogP contribution in [0.3, 0.4) is 0 Å². The van der Waals surface area contributed by atoms with Gasteiger partial charge in [-0.1, -0.05) is 26.8 Å². The summed E-state index contributed by atoms with van der Waals surface area (Å²) >= 11 is 0. The van der Waals surface area contributed by atoms with Crippen molar-refractivity contribution in [1.82, 2.24) is 0 Å². The molecular formula is C10H18O2. The van der Waals surface area contributed by atoms with Crippen molar-refractivity contribution in [1.29, 1.82) is 0 Å². The minimum absolute atomic E-state index is 0.236. The third kappa shape index (κ3) is 4.94. The van der Waals surface area contributed by atoms with Crippen LogP contribution in [0.2, 0.25) is 0 Å². The molecule has 0 aliphatic heterocycles. The topological polar surface area (TPSA) is 26.3 Å². The Balaban J connectivity index is 3.64. The molecule has 0 bridgehead atoms. The number of ether oxygens (including phenoxy) is 1. The number of hydrogen-bond donors (Lipinski definition) is 0. The van der Waals surface area contributed by atoms with Gasteiger partial charge in [0.1, 0.15) is 6.61 Å². The summed E-state index contributed by atoms with van der Waals surface area (Å²) in [6.45, 7) is 9.89. The van der Waals surface area contributed by atoms with Crippen LogP contribution in [0.1, 0.15) is 33.6 Å². The minimum atomic E-state index is -0.236. The van der Waals surface area contributed by atoms with Gasteiger partial charge in [-0.05, 0) is 17.9 Å². The number of hydrogen-bond acceptors (Lipinski definition) is 2. The quantitative estimate of drug-likeness (QED) is 0.468. The molecule has 0 saturated carbocycles. The lowest BCUT2D eigenvalue weighted by atomic mass is 9.98. The molecule has 0 aromatic carbocycles. The second-order valence-electron chi connectivity index (χ2n) is 3.13. The molecule has 0 aromatic heterocycles. The van der Waals surface area contributed by atoms with E-state index in [9.17, 15) is 4.79 Å². The van der Waals surface area contributed by atoms with Gasteiger partial charge in [0.25, 0.3) is 0 Å². The van der Waals surface area contributed by atoms with E-state index in [-0.39, 0.29) is 5.97 Å². The maximum absolute atomic E-state index is 10.5. The monoisotopic (exact) mass is 170 g/mol. The van der Waals surface area contributed by atoms with E-state index in [2.05, 4.69) is 20.4 Å². The van der Waals surface area contributed by atoms with Crippen molar-refractivity contribution in [2.24, 2.45) is 5.92 Å². The third-order valence-electron chi connectivity index (χ3n) is 1.88. The van der Waals surface area contributed by atoms with E-state index in [1.165, 1.54) is 6.92 Å². The summed E-state index contributed by atoms with van der Waals surface area (Å²) in [5, 5.41) is 0. The van der Waals surface area contributed by atoms with Crippen molar-refractivity contribution >= 4 is 5.97 Å². The number of carbonyl (C=O) groups is 1. The van der Waals surface area contributed by atoms with Crippen LogP contribution in [-0.2, 0) is 9.53 Å². The van der Waals surface area contributed by atoms with E-state index >= 15 is 0 Å². The molecule has 0 rings (SSSR count). The van der Waals surface area contributed by atoms with Crippen LogP contribution in [0, 0.1) is 5.92 Å². The summed E-state index contributed by atoms with van der Waals surface area (Å²) in [4.78, 5) is 10.5. The number of carbonyl (C=O) groups excluding carboxylic acids is 1. The molecule has 2 heteroatoms. The fourth-order valence-corrected chi connectivity index (χ4v) is 0.974. The summed E-state index contributed by atoms with van der Waals surface area (Å²) in [5.41, 5.74) is 1.01. The van der Waals surface area contributed by atoms with E-state index < -0.39 is 0 Å². The molecule has 0 amide bonds. The number of esters is 1. The zero-order valence-electron chi connectivity index (χ0n) is 8.22. The maximum Gasteiger partial charge on any atom is 0.302 e. The zero-order valence-corrected chi connectivity index (χ0v) is 8.22. The van der Waals surface area contributed by atoms with Crippen molar-refractivity contribution in [3.05, 3.63) is 12.2 Å². The first kappa shape index (κ1) is 11.2. The van der Waals surface area contributed by atoms with Crippen molar-refractivity contribution < 1.29 is 9.53 Å². The van der Waals surface area contributed by atoms with Crippen molar-refractivity contribution in [3.8, 4) is 0 Å². The van der Waals surface area contributed by atoms with Crippen LogP contribution in [0.15, 0.2) is 12.2 Å². The Hall–Kier alpha value is -0.790. The Bertz CT molecular complexity index is 161. The molecule has 2 nitrogen and oxygen atoms in total. The van der Waals surface area contributed by atoms with Gasteiger partial charge < -0.3 is 4.74 Å². The lowest BCUT2D eigenvalue weighted by Crippen LogP contribution is -2.08. The van der Waals surface area contributed by atoms with Gasteiger partial charge in [0.05, 0.1) is 0 Å². The third-order valence-corrected chi connectivity index (χ3v) is 1.88. The number of rotatable bonds is 5. The first-order chi connectivity index (χ1) is 5.57. The van der Waals surface area contributed by atoms with Crippen molar-refractivity contribution in [2.45, 2.75) is 33.6 Å². The molecule has 0 radical (unpaired) electrons. The molecular weight excluding hydrogens is 152 g/mol. The van der Waals surface area contributed by atoms with Gasteiger partial charge in [-0.25, -0.2) is 0 Å². The Morgan fingerprint density at radius 3 is 2.58 bits per heavy atom.